The Hall–Kier alpha value is -0.200. The predicted octanol–water partition coefficient (Wildman–Crippen LogP) is 0.822. The zero-order valence-corrected chi connectivity index (χ0v) is 11.8. The van der Waals surface area contributed by atoms with Gasteiger partial charge in [-0.1, -0.05) is 0 Å². The van der Waals surface area contributed by atoms with Gasteiger partial charge in [0.2, 0.25) is 0 Å². The molecule has 0 aliphatic heterocycles. The minimum Gasteiger partial charge on any atom is -0.382 e. The normalized spacial score (nSPS) is 27.2. The predicted molar refractivity (Wildman–Crippen MR) is 69.9 cm³/mol. The van der Waals surface area contributed by atoms with Crippen LogP contribution in [0.2, 0.25) is 0 Å². The topological polar surface area (TPSA) is 49.0 Å². The van der Waals surface area contributed by atoms with E-state index in [2.05, 4.69) is 5.32 Å². The van der Waals surface area contributed by atoms with E-state index in [0.717, 1.165) is 32.6 Å². The summed E-state index contributed by atoms with van der Waals surface area (Å²) in [7, 11) is 3.43. The number of nitrogens with one attached hydrogen (secondary N) is 1. The van der Waals surface area contributed by atoms with Crippen LogP contribution in [0.3, 0.4) is 0 Å². The minimum atomic E-state index is 0.194. The molecule has 108 valence electrons. The lowest BCUT2D eigenvalue weighted by Gasteiger charge is -2.43. The van der Waals surface area contributed by atoms with Crippen molar-refractivity contribution >= 4 is 0 Å². The van der Waals surface area contributed by atoms with Crippen LogP contribution in [0.5, 0.6) is 0 Å². The Morgan fingerprint density at radius 3 is 2.67 bits per heavy atom. The van der Waals surface area contributed by atoms with Gasteiger partial charge >= 0.3 is 0 Å². The molecule has 0 aromatic heterocycles. The van der Waals surface area contributed by atoms with Crippen LogP contribution >= 0.6 is 0 Å². The zero-order valence-electron chi connectivity index (χ0n) is 11.8. The van der Waals surface area contributed by atoms with E-state index < -0.39 is 0 Å². The highest BCUT2D eigenvalue weighted by Gasteiger charge is 2.41. The standard InChI is InChI=1S/C13H27NO4/c1-4-18-12-10-11(13(12)16-3)14-6-5-7-17-9-8-15-2/h11-14H,4-10H2,1-3H3. The van der Waals surface area contributed by atoms with Gasteiger partial charge in [0.25, 0.3) is 0 Å². The fourth-order valence-corrected chi connectivity index (χ4v) is 2.18. The van der Waals surface area contributed by atoms with Crippen LogP contribution < -0.4 is 5.32 Å². The van der Waals surface area contributed by atoms with E-state index in [1.807, 2.05) is 6.92 Å². The van der Waals surface area contributed by atoms with Crippen molar-refractivity contribution in [3.8, 4) is 0 Å². The Morgan fingerprint density at radius 2 is 2.00 bits per heavy atom. The molecule has 3 unspecified atom stereocenters. The van der Waals surface area contributed by atoms with Crippen LogP contribution in [0.25, 0.3) is 0 Å². The number of ether oxygens (including phenoxy) is 4. The Balaban J connectivity index is 1.96. The van der Waals surface area contributed by atoms with E-state index in [4.69, 9.17) is 18.9 Å². The van der Waals surface area contributed by atoms with Crippen LogP contribution in [0.4, 0.5) is 0 Å². The highest BCUT2D eigenvalue weighted by atomic mass is 16.5. The minimum absolute atomic E-state index is 0.194. The molecule has 0 amide bonds. The van der Waals surface area contributed by atoms with Crippen LogP contribution in [0.1, 0.15) is 19.8 Å². The third kappa shape index (κ3) is 5.20. The van der Waals surface area contributed by atoms with Gasteiger partial charge in [-0.3, -0.25) is 0 Å². The van der Waals surface area contributed by atoms with Gasteiger partial charge in [0.05, 0.1) is 25.4 Å². The first-order chi connectivity index (χ1) is 8.83. The zero-order chi connectivity index (χ0) is 13.2. The molecule has 18 heavy (non-hydrogen) atoms. The van der Waals surface area contributed by atoms with Crippen molar-refractivity contribution in [3.63, 3.8) is 0 Å². The largest absolute Gasteiger partial charge is 0.382 e. The molecule has 3 atom stereocenters. The Bertz CT molecular complexity index is 203. The summed E-state index contributed by atoms with van der Waals surface area (Å²) in [5.41, 5.74) is 0. The lowest BCUT2D eigenvalue weighted by Crippen LogP contribution is -2.59. The van der Waals surface area contributed by atoms with Gasteiger partial charge in [0, 0.05) is 33.5 Å². The van der Waals surface area contributed by atoms with Gasteiger partial charge in [-0.25, -0.2) is 0 Å². The third-order valence-corrected chi connectivity index (χ3v) is 3.21. The van der Waals surface area contributed by atoms with Gasteiger partial charge in [-0.15, -0.1) is 0 Å². The summed E-state index contributed by atoms with van der Waals surface area (Å²) in [5.74, 6) is 0. The Labute approximate surface area is 110 Å². The molecular weight excluding hydrogens is 234 g/mol. The van der Waals surface area contributed by atoms with Crippen molar-refractivity contribution in [1.29, 1.82) is 0 Å². The summed E-state index contributed by atoms with van der Waals surface area (Å²) in [4.78, 5) is 0. The van der Waals surface area contributed by atoms with Crippen molar-refractivity contribution in [2.75, 3.05) is 47.2 Å². The van der Waals surface area contributed by atoms with E-state index in [1.54, 1.807) is 14.2 Å². The molecule has 0 heterocycles. The lowest BCUT2D eigenvalue weighted by atomic mass is 9.85. The first-order valence-corrected chi connectivity index (χ1v) is 6.78. The molecule has 1 aliphatic carbocycles. The van der Waals surface area contributed by atoms with Crippen molar-refractivity contribution in [2.24, 2.45) is 0 Å². The van der Waals surface area contributed by atoms with Crippen molar-refractivity contribution in [1.82, 2.24) is 5.32 Å². The highest BCUT2D eigenvalue weighted by Crippen LogP contribution is 2.26. The summed E-state index contributed by atoms with van der Waals surface area (Å²) in [6, 6.07) is 0.422. The molecule has 1 aliphatic rings. The smallest absolute Gasteiger partial charge is 0.0986 e. The molecular formula is C13H27NO4. The van der Waals surface area contributed by atoms with Crippen molar-refractivity contribution in [3.05, 3.63) is 0 Å². The first kappa shape index (κ1) is 15.9. The second-order valence-corrected chi connectivity index (χ2v) is 4.45. The molecule has 5 nitrogen and oxygen atoms in total. The lowest BCUT2D eigenvalue weighted by molar-refractivity contribution is -0.131. The maximum absolute atomic E-state index is 5.58. The Morgan fingerprint density at radius 1 is 1.17 bits per heavy atom. The van der Waals surface area contributed by atoms with E-state index in [-0.39, 0.29) is 12.2 Å². The van der Waals surface area contributed by atoms with Crippen LogP contribution in [-0.4, -0.2) is 65.4 Å². The maximum atomic E-state index is 5.58. The van der Waals surface area contributed by atoms with Crippen LogP contribution in [-0.2, 0) is 18.9 Å². The fraction of sp³-hybridized carbons (Fsp3) is 1.00. The number of rotatable bonds is 11. The van der Waals surface area contributed by atoms with Gasteiger partial charge in [-0.2, -0.15) is 0 Å². The first-order valence-electron chi connectivity index (χ1n) is 6.78. The molecule has 1 N–H and O–H groups in total. The van der Waals surface area contributed by atoms with Crippen LogP contribution in [0, 0.1) is 0 Å². The second kappa shape index (κ2) is 9.69. The van der Waals surface area contributed by atoms with E-state index in [0.29, 0.717) is 19.3 Å². The average molecular weight is 261 g/mol. The van der Waals surface area contributed by atoms with Crippen molar-refractivity contribution < 1.29 is 18.9 Å². The molecule has 0 aromatic rings. The van der Waals surface area contributed by atoms with Gasteiger partial charge < -0.3 is 24.3 Å². The molecule has 1 fully saturated rings. The third-order valence-electron chi connectivity index (χ3n) is 3.21. The van der Waals surface area contributed by atoms with Crippen LogP contribution in [0.15, 0.2) is 0 Å². The summed E-state index contributed by atoms with van der Waals surface area (Å²) < 4.78 is 21.3. The van der Waals surface area contributed by atoms with Gasteiger partial charge in [-0.05, 0) is 26.3 Å². The number of hydrogen-bond acceptors (Lipinski definition) is 5. The van der Waals surface area contributed by atoms with Gasteiger partial charge in [0.1, 0.15) is 0 Å². The molecule has 0 bridgehead atoms. The molecule has 1 rings (SSSR count). The molecule has 0 saturated heterocycles. The summed E-state index contributed by atoms with van der Waals surface area (Å²) in [6.45, 7) is 5.84. The Kier molecular flexibility index (Phi) is 8.54. The molecule has 0 aromatic carbocycles. The number of hydrogen-bond donors (Lipinski definition) is 1. The fourth-order valence-electron chi connectivity index (χ4n) is 2.18. The number of methoxy groups -OCH3 is 2. The quantitative estimate of drug-likeness (QED) is 0.558. The summed E-state index contributed by atoms with van der Waals surface area (Å²) in [6.07, 6.45) is 2.50. The molecule has 1 saturated carbocycles. The molecule has 0 radical (unpaired) electrons. The highest BCUT2D eigenvalue weighted by molar-refractivity contribution is 4.96. The molecule has 0 spiro atoms. The maximum Gasteiger partial charge on any atom is 0.0986 e. The van der Waals surface area contributed by atoms with E-state index in [9.17, 15) is 0 Å². The summed E-state index contributed by atoms with van der Waals surface area (Å²) in [5, 5.41) is 3.48. The summed E-state index contributed by atoms with van der Waals surface area (Å²) >= 11 is 0. The average Bonchev–Trinajstić information content (AvgIpc) is 2.35. The van der Waals surface area contributed by atoms with E-state index in [1.165, 1.54) is 0 Å². The second-order valence-electron chi connectivity index (χ2n) is 4.45. The molecule has 5 heteroatoms. The SMILES string of the molecule is CCOC1CC(NCCCOCCOC)C1OC. The van der Waals surface area contributed by atoms with Gasteiger partial charge in [0.15, 0.2) is 0 Å². The van der Waals surface area contributed by atoms with E-state index >= 15 is 0 Å². The van der Waals surface area contributed by atoms with Crippen molar-refractivity contribution in [2.45, 2.75) is 38.0 Å². The monoisotopic (exact) mass is 261 g/mol.